The predicted octanol–water partition coefficient (Wildman–Crippen LogP) is 4.01. The van der Waals surface area contributed by atoms with E-state index in [1.54, 1.807) is 17.4 Å². The van der Waals surface area contributed by atoms with Gasteiger partial charge in [0.1, 0.15) is 5.15 Å². The van der Waals surface area contributed by atoms with Gasteiger partial charge in [-0.15, -0.1) is 11.3 Å². The number of rotatable bonds is 1. The van der Waals surface area contributed by atoms with E-state index in [2.05, 4.69) is 19.9 Å². The van der Waals surface area contributed by atoms with Gasteiger partial charge in [-0.1, -0.05) is 23.2 Å². The van der Waals surface area contributed by atoms with E-state index < -0.39 is 0 Å². The van der Waals surface area contributed by atoms with E-state index >= 15 is 0 Å². The van der Waals surface area contributed by atoms with E-state index in [0.717, 1.165) is 26.9 Å². The van der Waals surface area contributed by atoms with Crippen LogP contribution in [-0.2, 0) is 0 Å². The maximum absolute atomic E-state index is 5.93. The van der Waals surface area contributed by atoms with Crippen LogP contribution in [0.15, 0.2) is 6.07 Å². The summed E-state index contributed by atoms with van der Waals surface area (Å²) in [6.45, 7) is 3.93. The average molecular weight is 299 g/mol. The van der Waals surface area contributed by atoms with Crippen LogP contribution < -0.4 is 0 Å². The minimum Gasteiger partial charge on any atom is -0.336 e. The molecule has 0 saturated heterocycles. The van der Waals surface area contributed by atoms with Gasteiger partial charge in [-0.05, 0) is 19.9 Å². The first-order valence-electron chi connectivity index (χ1n) is 5.21. The van der Waals surface area contributed by atoms with Gasteiger partial charge >= 0.3 is 0 Å². The molecule has 0 radical (unpaired) electrons. The highest BCUT2D eigenvalue weighted by atomic mass is 35.5. The monoisotopic (exact) mass is 298 g/mol. The smallest absolute Gasteiger partial charge is 0.179 e. The Kier molecular flexibility index (Phi) is 2.77. The standard InChI is InChI=1S/C11H8Cl2N4S/c1-4-8(18-5(2)14-4)11-15-7-3-6(12)9(13)16-10(7)17-11/h3H,1-2H3,(H,15,16,17). The van der Waals surface area contributed by atoms with Crippen LogP contribution in [0.2, 0.25) is 10.2 Å². The Morgan fingerprint density at radius 2 is 1.94 bits per heavy atom. The number of aryl methyl sites for hydroxylation is 2. The zero-order chi connectivity index (χ0) is 12.9. The molecule has 4 nitrogen and oxygen atoms in total. The van der Waals surface area contributed by atoms with E-state index in [1.165, 1.54) is 0 Å². The summed E-state index contributed by atoms with van der Waals surface area (Å²) in [5.41, 5.74) is 2.28. The van der Waals surface area contributed by atoms with Crippen LogP contribution in [-0.4, -0.2) is 19.9 Å². The topological polar surface area (TPSA) is 54.5 Å². The van der Waals surface area contributed by atoms with Gasteiger partial charge in [0.15, 0.2) is 11.5 Å². The lowest BCUT2D eigenvalue weighted by Crippen LogP contribution is -1.80. The van der Waals surface area contributed by atoms with Crippen molar-refractivity contribution in [2.24, 2.45) is 0 Å². The highest BCUT2D eigenvalue weighted by molar-refractivity contribution is 7.15. The zero-order valence-corrected chi connectivity index (χ0v) is 11.9. The van der Waals surface area contributed by atoms with E-state index in [4.69, 9.17) is 23.2 Å². The molecule has 0 spiro atoms. The maximum Gasteiger partial charge on any atom is 0.179 e. The number of fused-ring (bicyclic) bond motifs is 1. The molecule has 92 valence electrons. The van der Waals surface area contributed by atoms with Crippen molar-refractivity contribution in [3.8, 4) is 10.7 Å². The third-order valence-electron chi connectivity index (χ3n) is 2.50. The number of thiazole rings is 1. The molecule has 1 N–H and O–H groups in total. The molecule has 0 bridgehead atoms. The lowest BCUT2D eigenvalue weighted by Gasteiger charge is -1.92. The summed E-state index contributed by atoms with van der Waals surface area (Å²) >= 11 is 13.4. The Morgan fingerprint density at radius 3 is 2.61 bits per heavy atom. The molecule has 3 aromatic heterocycles. The van der Waals surface area contributed by atoms with Gasteiger partial charge in [0.05, 0.1) is 26.1 Å². The lowest BCUT2D eigenvalue weighted by atomic mass is 10.4. The number of aromatic nitrogens is 4. The molecule has 3 rings (SSSR count). The molecule has 3 heterocycles. The number of halogens is 2. The molecule has 0 fully saturated rings. The minimum absolute atomic E-state index is 0.263. The molecular weight excluding hydrogens is 291 g/mol. The number of hydrogen-bond donors (Lipinski definition) is 1. The second-order valence-corrected chi connectivity index (χ2v) is 5.83. The third kappa shape index (κ3) is 1.88. The van der Waals surface area contributed by atoms with Gasteiger partial charge < -0.3 is 4.98 Å². The Labute approximate surface area is 117 Å². The van der Waals surface area contributed by atoms with Crippen LogP contribution in [0.5, 0.6) is 0 Å². The summed E-state index contributed by atoms with van der Waals surface area (Å²) in [5, 5.41) is 1.68. The molecule has 0 aliphatic rings. The molecule has 0 atom stereocenters. The normalized spacial score (nSPS) is 11.3. The van der Waals surface area contributed by atoms with Gasteiger partial charge in [-0.2, -0.15) is 0 Å². The van der Waals surface area contributed by atoms with Crippen molar-refractivity contribution < 1.29 is 0 Å². The first kappa shape index (κ1) is 11.9. The maximum atomic E-state index is 5.93. The highest BCUT2D eigenvalue weighted by Gasteiger charge is 2.13. The molecule has 0 aliphatic carbocycles. The van der Waals surface area contributed by atoms with E-state index in [9.17, 15) is 0 Å². The lowest BCUT2D eigenvalue weighted by molar-refractivity contribution is 1.19. The fraction of sp³-hybridized carbons (Fsp3) is 0.182. The predicted molar refractivity (Wildman–Crippen MR) is 74.5 cm³/mol. The molecule has 7 heteroatoms. The second-order valence-electron chi connectivity index (χ2n) is 3.86. The number of nitrogens with one attached hydrogen (secondary N) is 1. The summed E-state index contributed by atoms with van der Waals surface area (Å²) in [5.74, 6) is 0.749. The van der Waals surface area contributed by atoms with Crippen LogP contribution in [0, 0.1) is 13.8 Å². The zero-order valence-electron chi connectivity index (χ0n) is 9.58. The number of pyridine rings is 1. The van der Waals surface area contributed by atoms with E-state index in [-0.39, 0.29) is 5.15 Å². The van der Waals surface area contributed by atoms with Crippen molar-refractivity contribution in [2.45, 2.75) is 13.8 Å². The van der Waals surface area contributed by atoms with E-state index in [1.807, 2.05) is 13.8 Å². The van der Waals surface area contributed by atoms with Crippen LogP contribution in [0.3, 0.4) is 0 Å². The summed E-state index contributed by atoms with van der Waals surface area (Å²) in [6, 6.07) is 1.73. The molecule has 0 aliphatic heterocycles. The molecular formula is C11H8Cl2N4S. The van der Waals surface area contributed by atoms with Gasteiger partial charge in [0.25, 0.3) is 0 Å². The van der Waals surface area contributed by atoms with Crippen molar-refractivity contribution in [2.75, 3.05) is 0 Å². The molecule has 18 heavy (non-hydrogen) atoms. The van der Waals surface area contributed by atoms with Crippen LogP contribution >= 0.6 is 34.5 Å². The van der Waals surface area contributed by atoms with Gasteiger partial charge in [-0.3, -0.25) is 0 Å². The van der Waals surface area contributed by atoms with Gasteiger partial charge in [0, 0.05) is 0 Å². The number of hydrogen-bond acceptors (Lipinski definition) is 4. The van der Waals surface area contributed by atoms with E-state index in [0.29, 0.717) is 10.7 Å². The largest absolute Gasteiger partial charge is 0.336 e. The average Bonchev–Trinajstić information content (AvgIpc) is 2.82. The second kappa shape index (κ2) is 4.19. The highest BCUT2D eigenvalue weighted by Crippen LogP contribution is 2.30. The van der Waals surface area contributed by atoms with Gasteiger partial charge in [-0.25, -0.2) is 15.0 Å². The Balaban J connectivity index is 2.22. The van der Waals surface area contributed by atoms with Gasteiger partial charge in [0.2, 0.25) is 0 Å². The molecule has 0 aromatic carbocycles. The molecule has 3 aromatic rings. The molecule has 0 saturated carbocycles. The molecule has 0 amide bonds. The first-order valence-corrected chi connectivity index (χ1v) is 6.78. The van der Waals surface area contributed by atoms with Crippen LogP contribution in [0.4, 0.5) is 0 Å². The Morgan fingerprint density at radius 1 is 1.17 bits per heavy atom. The fourth-order valence-corrected chi connectivity index (χ4v) is 2.91. The van der Waals surface area contributed by atoms with Crippen LogP contribution in [0.1, 0.15) is 10.7 Å². The summed E-state index contributed by atoms with van der Waals surface area (Å²) in [4.78, 5) is 17.1. The number of aromatic amines is 1. The summed E-state index contributed by atoms with van der Waals surface area (Å²) in [7, 11) is 0. The minimum atomic E-state index is 0.263. The van der Waals surface area contributed by atoms with Crippen molar-refractivity contribution in [3.63, 3.8) is 0 Å². The Bertz CT molecular complexity index is 708. The van der Waals surface area contributed by atoms with Crippen molar-refractivity contribution in [1.82, 2.24) is 19.9 Å². The SMILES string of the molecule is Cc1nc(C)c(-c2nc3nc(Cl)c(Cl)cc3[nH]2)s1. The van der Waals surface area contributed by atoms with Crippen molar-refractivity contribution in [1.29, 1.82) is 0 Å². The third-order valence-corrected chi connectivity index (χ3v) is 4.26. The number of nitrogens with zero attached hydrogens (tertiary/aromatic N) is 3. The first-order chi connectivity index (χ1) is 8.54. The van der Waals surface area contributed by atoms with Crippen molar-refractivity contribution in [3.05, 3.63) is 26.9 Å². The number of H-pyrrole nitrogens is 1. The fourth-order valence-electron chi connectivity index (χ4n) is 1.75. The summed E-state index contributed by atoms with van der Waals surface area (Å²) < 4.78 is 0. The number of imidazole rings is 1. The summed E-state index contributed by atoms with van der Waals surface area (Å²) in [6.07, 6.45) is 0. The quantitative estimate of drug-likeness (QED) is 0.691. The van der Waals surface area contributed by atoms with Crippen molar-refractivity contribution >= 4 is 45.7 Å². The van der Waals surface area contributed by atoms with Crippen LogP contribution in [0.25, 0.3) is 21.9 Å². The molecule has 0 unspecified atom stereocenters. The Hall–Kier alpha value is -1.17.